The first-order valence-electron chi connectivity index (χ1n) is 10.6. The Morgan fingerprint density at radius 1 is 1.09 bits per heavy atom. The molecular weight excluding hydrogens is 529 g/mol. The van der Waals surface area contributed by atoms with E-state index in [0.717, 1.165) is 34.9 Å². The minimum absolute atomic E-state index is 0. The molecule has 0 saturated carbocycles. The Labute approximate surface area is 210 Å². The smallest absolute Gasteiger partial charge is 0.226 e. The van der Waals surface area contributed by atoms with Gasteiger partial charge in [-0.15, -0.1) is 24.0 Å². The van der Waals surface area contributed by atoms with Crippen LogP contribution < -0.4 is 10.6 Å². The van der Waals surface area contributed by atoms with Crippen LogP contribution in [0.25, 0.3) is 11.5 Å². The molecule has 0 radical (unpaired) electrons. The van der Waals surface area contributed by atoms with Crippen LogP contribution in [0.15, 0.2) is 76.9 Å². The maximum Gasteiger partial charge on any atom is 0.226 e. The van der Waals surface area contributed by atoms with Gasteiger partial charge in [-0.2, -0.15) is 5.10 Å². The van der Waals surface area contributed by atoms with Crippen LogP contribution in [0.3, 0.4) is 0 Å². The van der Waals surface area contributed by atoms with E-state index in [4.69, 9.17) is 9.41 Å². The summed E-state index contributed by atoms with van der Waals surface area (Å²) in [5.74, 6) is 1.35. The maximum absolute atomic E-state index is 5.65. The topological polar surface area (TPSA) is 93.2 Å². The Morgan fingerprint density at radius 2 is 1.91 bits per heavy atom. The second-order valence-electron chi connectivity index (χ2n) is 7.47. The number of nitrogens with zero attached hydrogens (tertiary/aromatic N) is 5. The standard InChI is InChI=1S/C24H27N7O.HI/c1-3-26-24(27-12-19-5-4-6-20(11-19)14-31-17-25-16-29-31)28-13-22-15-32-23(30-22)21-9-7-18(2)8-10-21;/h4-11,15-17H,3,12-14H2,1-2H3,(H2,26,27,28);1H. The molecule has 0 amide bonds. The lowest BCUT2D eigenvalue weighted by Gasteiger charge is -2.10. The molecule has 2 heterocycles. The van der Waals surface area contributed by atoms with Crippen LogP contribution in [0.5, 0.6) is 0 Å². The van der Waals surface area contributed by atoms with Crippen molar-refractivity contribution in [3.8, 4) is 11.5 Å². The van der Waals surface area contributed by atoms with Gasteiger partial charge in [-0.1, -0.05) is 42.0 Å². The zero-order chi connectivity index (χ0) is 22.2. The highest BCUT2D eigenvalue weighted by molar-refractivity contribution is 14.0. The Balaban J connectivity index is 0.00000306. The molecule has 4 aromatic rings. The molecule has 0 spiro atoms. The van der Waals surface area contributed by atoms with E-state index in [0.29, 0.717) is 25.5 Å². The summed E-state index contributed by atoms with van der Waals surface area (Å²) in [6, 6.07) is 16.5. The zero-order valence-corrected chi connectivity index (χ0v) is 21.1. The van der Waals surface area contributed by atoms with Gasteiger partial charge in [-0.3, -0.25) is 0 Å². The van der Waals surface area contributed by atoms with Gasteiger partial charge in [0.1, 0.15) is 18.9 Å². The Kier molecular flexibility index (Phi) is 8.99. The summed E-state index contributed by atoms with van der Waals surface area (Å²) in [6.45, 7) is 6.64. The molecule has 0 aliphatic carbocycles. The van der Waals surface area contributed by atoms with Crippen molar-refractivity contribution in [2.24, 2.45) is 4.99 Å². The molecule has 2 aromatic heterocycles. The summed E-state index contributed by atoms with van der Waals surface area (Å²) in [4.78, 5) is 13.3. The van der Waals surface area contributed by atoms with Gasteiger partial charge in [-0.05, 0) is 37.1 Å². The lowest BCUT2D eigenvalue weighted by molar-refractivity contribution is 0.572. The van der Waals surface area contributed by atoms with E-state index >= 15 is 0 Å². The summed E-state index contributed by atoms with van der Waals surface area (Å²) in [7, 11) is 0. The molecule has 0 bridgehead atoms. The number of aliphatic imine (C=N–C) groups is 1. The van der Waals surface area contributed by atoms with Crippen molar-refractivity contribution < 1.29 is 4.42 Å². The number of hydrogen-bond acceptors (Lipinski definition) is 5. The molecule has 2 N–H and O–H groups in total. The number of aryl methyl sites for hydroxylation is 1. The monoisotopic (exact) mass is 557 g/mol. The van der Waals surface area contributed by atoms with Crippen LogP contribution >= 0.6 is 24.0 Å². The van der Waals surface area contributed by atoms with Crippen LogP contribution in [-0.2, 0) is 19.6 Å². The van der Waals surface area contributed by atoms with Crippen molar-refractivity contribution in [1.82, 2.24) is 30.4 Å². The van der Waals surface area contributed by atoms with Gasteiger partial charge >= 0.3 is 0 Å². The van der Waals surface area contributed by atoms with E-state index in [9.17, 15) is 0 Å². The highest BCUT2D eigenvalue weighted by Gasteiger charge is 2.07. The summed E-state index contributed by atoms with van der Waals surface area (Å²) in [6.07, 6.45) is 4.94. The lowest BCUT2D eigenvalue weighted by atomic mass is 10.1. The molecule has 2 aromatic carbocycles. The number of benzene rings is 2. The highest BCUT2D eigenvalue weighted by atomic mass is 127. The average molecular weight is 557 g/mol. The van der Waals surface area contributed by atoms with Gasteiger partial charge in [0, 0.05) is 12.1 Å². The number of hydrogen-bond donors (Lipinski definition) is 2. The molecule has 0 atom stereocenters. The van der Waals surface area contributed by atoms with Crippen molar-refractivity contribution in [3.05, 3.63) is 89.8 Å². The van der Waals surface area contributed by atoms with Crippen molar-refractivity contribution in [2.75, 3.05) is 6.54 Å². The number of guanidine groups is 1. The van der Waals surface area contributed by atoms with Crippen molar-refractivity contribution >= 4 is 29.9 Å². The predicted molar refractivity (Wildman–Crippen MR) is 139 cm³/mol. The van der Waals surface area contributed by atoms with E-state index in [2.05, 4.69) is 50.8 Å². The molecule has 9 heteroatoms. The largest absolute Gasteiger partial charge is 0.444 e. The number of rotatable bonds is 8. The van der Waals surface area contributed by atoms with Crippen LogP contribution in [0.2, 0.25) is 0 Å². The van der Waals surface area contributed by atoms with Gasteiger partial charge in [0.2, 0.25) is 5.89 Å². The van der Waals surface area contributed by atoms with E-state index in [1.807, 2.05) is 37.3 Å². The Morgan fingerprint density at radius 3 is 2.67 bits per heavy atom. The summed E-state index contributed by atoms with van der Waals surface area (Å²) >= 11 is 0. The lowest BCUT2D eigenvalue weighted by Crippen LogP contribution is -2.36. The first kappa shape index (κ1) is 24.4. The predicted octanol–water partition coefficient (Wildman–Crippen LogP) is 4.16. The first-order valence-corrected chi connectivity index (χ1v) is 10.6. The zero-order valence-electron chi connectivity index (χ0n) is 18.7. The number of aromatic nitrogens is 4. The molecule has 0 aliphatic heterocycles. The van der Waals surface area contributed by atoms with Crippen molar-refractivity contribution in [2.45, 2.75) is 33.5 Å². The van der Waals surface area contributed by atoms with Gasteiger partial charge in [0.15, 0.2) is 5.96 Å². The molecule has 172 valence electrons. The van der Waals surface area contributed by atoms with E-state index in [-0.39, 0.29) is 24.0 Å². The third-order valence-corrected chi connectivity index (χ3v) is 4.85. The van der Waals surface area contributed by atoms with Crippen LogP contribution in [0.1, 0.15) is 29.3 Å². The highest BCUT2D eigenvalue weighted by Crippen LogP contribution is 2.19. The Hall–Kier alpha value is -3.21. The Bertz CT molecular complexity index is 1150. The summed E-state index contributed by atoms with van der Waals surface area (Å²) in [5.41, 5.74) is 5.28. The summed E-state index contributed by atoms with van der Waals surface area (Å²) < 4.78 is 7.45. The quantitative estimate of drug-likeness (QED) is 0.192. The first-order chi connectivity index (χ1) is 15.7. The molecule has 33 heavy (non-hydrogen) atoms. The second kappa shape index (κ2) is 12.1. The molecule has 0 unspecified atom stereocenters. The molecule has 4 rings (SSSR count). The van der Waals surface area contributed by atoms with Crippen LogP contribution in [0.4, 0.5) is 0 Å². The minimum atomic E-state index is 0. The third kappa shape index (κ3) is 7.14. The molecule has 0 saturated heterocycles. The van der Waals surface area contributed by atoms with Gasteiger partial charge in [0.25, 0.3) is 0 Å². The second-order valence-corrected chi connectivity index (χ2v) is 7.47. The summed E-state index contributed by atoms with van der Waals surface area (Å²) in [5, 5.41) is 10.8. The van der Waals surface area contributed by atoms with Gasteiger partial charge in [0.05, 0.1) is 25.3 Å². The van der Waals surface area contributed by atoms with Gasteiger partial charge < -0.3 is 15.1 Å². The van der Waals surface area contributed by atoms with Gasteiger partial charge in [-0.25, -0.2) is 19.6 Å². The number of oxazole rings is 1. The maximum atomic E-state index is 5.65. The average Bonchev–Trinajstić information content (AvgIpc) is 3.49. The third-order valence-electron chi connectivity index (χ3n) is 4.85. The normalized spacial score (nSPS) is 11.2. The number of nitrogens with one attached hydrogen (secondary N) is 2. The molecule has 0 aliphatic rings. The fraction of sp³-hybridized carbons (Fsp3) is 0.250. The van der Waals surface area contributed by atoms with Crippen molar-refractivity contribution in [3.63, 3.8) is 0 Å². The number of halogens is 1. The molecular formula is C24H28IN7O. The fourth-order valence-corrected chi connectivity index (χ4v) is 3.23. The fourth-order valence-electron chi connectivity index (χ4n) is 3.23. The van der Waals surface area contributed by atoms with Crippen LogP contribution in [0, 0.1) is 6.92 Å². The van der Waals surface area contributed by atoms with E-state index in [1.54, 1.807) is 23.6 Å². The molecule has 0 fully saturated rings. The van der Waals surface area contributed by atoms with Crippen LogP contribution in [-0.4, -0.2) is 32.3 Å². The van der Waals surface area contributed by atoms with E-state index < -0.39 is 0 Å². The van der Waals surface area contributed by atoms with E-state index in [1.165, 1.54) is 5.56 Å². The minimum Gasteiger partial charge on any atom is -0.444 e. The SMILES string of the molecule is CCNC(=NCc1cccc(Cn2cncn2)c1)NCc1coc(-c2ccc(C)cc2)n1.I. The van der Waals surface area contributed by atoms with Crippen molar-refractivity contribution in [1.29, 1.82) is 0 Å². The molecule has 8 nitrogen and oxygen atoms in total.